The zero-order chi connectivity index (χ0) is 14.4. The number of rotatable bonds is 7. The molecule has 0 atom stereocenters. The van der Waals surface area contributed by atoms with E-state index in [1.54, 1.807) is 0 Å². The standard InChI is InChI=1S/C11H16N4O4/c1-14(2)5-3-4-12-10-9(15(18)19)6-8(7-13-10)11(16)17/h6-7H,3-5H2,1-2H3,(H,12,13)(H,16,17). The number of aromatic carboxylic acids is 1. The maximum atomic E-state index is 10.9. The van der Waals surface area contributed by atoms with Gasteiger partial charge in [-0.15, -0.1) is 0 Å². The minimum absolute atomic E-state index is 0.0914. The lowest BCUT2D eigenvalue weighted by Crippen LogP contribution is -2.17. The number of nitrogens with one attached hydrogen (secondary N) is 1. The maximum Gasteiger partial charge on any atom is 0.337 e. The number of hydrogen-bond acceptors (Lipinski definition) is 6. The Labute approximate surface area is 110 Å². The molecule has 0 saturated heterocycles. The van der Waals surface area contributed by atoms with E-state index in [1.807, 2.05) is 19.0 Å². The van der Waals surface area contributed by atoms with Crippen molar-refractivity contribution in [2.45, 2.75) is 6.42 Å². The van der Waals surface area contributed by atoms with Crippen LogP contribution in [0.5, 0.6) is 0 Å². The fraction of sp³-hybridized carbons (Fsp3) is 0.455. The molecule has 0 saturated carbocycles. The molecule has 0 bridgehead atoms. The second-order valence-electron chi connectivity index (χ2n) is 4.24. The zero-order valence-corrected chi connectivity index (χ0v) is 10.8. The molecule has 0 unspecified atom stereocenters. The summed E-state index contributed by atoms with van der Waals surface area (Å²) in [5.74, 6) is -1.15. The lowest BCUT2D eigenvalue weighted by molar-refractivity contribution is -0.384. The van der Waals surface area contributed by atoms with E-state index in [4.69, 9.17) is 5.11 Å². The van der Waals surface area contributed by atoms with Gasteiger partial charge in [0.1, 0.15) is 0 Å². The van der Waals surface area contributed by atoms with Crippen molar-refractivity contribution in [1.29, 1.82) is 0 Å². The number of aromatic nitrogens is 1. The minimum Gasteiger partial charge on any atom is -0.478 e. The van der Waals surface area contributed by atoms with Crippen LogP contribution in [0.2, 0.25) is 0 Å². The van der Waals surface area contributed by atoms with Crippen molar-refractivity contribution in [3.05, 3.63) is 27.9 Å². The van der Waals surface area contributed by atoms with Crippen molar-refractivity contribution in [2.24, 2.45) is 0 Å². The van der Waals surface area contributed by atoms with Crippen molar-refractivity contribution < 1.29 is 14.8 Å². The molecule has 1 aromatic rings. The molecule has 0 aliphatic carbocycles. The molecule has 0 amide bonds. The van der Waals surface area contributed by atoms with E-state index in [2.05, 4.69) is 10.3 Å². The monoisotopic (exact) mass is 268 g/mol. The van der Waals surface area contributed by atoms with Crippen molar-refractivity contribution in [1.82, 2.24) is 9.88 Å². The van der Waals surface area contributed by atoms with E-state index in [9.17, 15) is 14.9 Å². The molecular weight excluding hydrogens is 252 g/mol. The van der Waals surface area contributed by atoms with E-state index in [0.29, 0.717) is 6.54 Å². The molecule has 1 rings (SSSR count). The van der Waals surface area contributed by atoms with Crippen molar-refractivity contribution in [3.63, 3.8) is 0 Å². The summed E-state index contributed by atoms with van der Waals surface area (Å²) in [5.41, 5.74) is -0.532. The molecule has 0 aliphatic heterocycles. The summed E-state index contributed by atoms with van der Waals surface area (Å²) in [4.78, 5) is 26.7. The Kier molecular flexibility index (Phi) is 5.19. The number of nitrogens with zero attached hydrogens (tertiary/aromatic N) is 3. The summed E-state index contributed by atoms with van der Waals surface area (Å²) in [6, 6.07) is 1.00. The van der Waals surface area contributed by atoms with Gasteiger partial charge >= 0.3 is 11.7 Å². The third-order valence-electron chi connectivity index (χ3n) is 2.39. The highest BCUT2D eigenvalue weighted by molar-refractivity contribution is 5.88. The van der Waals surface area contributed by atoms with Crippen LogP contribution in [-0.4, -0.2) is 53.1 Å². The highest BCUT2D eigenvalue weighted by atomic mass is 16.6. The first kappa shape index (κ1) is 14.8. The first-order valence-electron chi connectivity index (χ1n) is 5.68. The van der Waals surface area contributed by atoms with Gasteiger partial charge in [-0.05, 0) is 27.1 Å². The Bertz CT molecular complexity index is 476. The van der Waals surface area contributed by atoms with Crippen LogP contribution in [0.1, 0.15) is 16.8 Å². The number of pyridine rings is 1. The van der Waals surface area contributed by atoms with Gasteiger partial charge in [-0.3, -0.25) is 10.1 Å². The number of carbonyl (C=O) groups is 1. The van der Waals surface area contributed by atoms with E-state index in [1.165, 1.54) is 0 Å². The average Bonchev–Trinajstić information content (AvgIpc) is 2.34. The van der Waals surface area contributed by atoms with E-state index >= 15 is 0 Å². The fourth-order valence-electron chi connectivity index (χ4n) is 1.45. The van der Waals surface area contributed by atoms with Crippen LogP contribution in [-0.2, 0) is 0 Å². The van der Waals surface area contributed by atoms with E-state index in [-0.39, 0.29) is 17.1 Å². The van der Waals surface area contributed by atoms with Crippen molar-refractivity contribution in [2.75, 3.05) is 32.5 Å². The Balaban J connectivity index is 2.77. The van der Waals surface area contributed by atoms with Crippen LogP contribution in [0.4, 0.5) is 11.5 Å². The van der Waals surface area contributed by atoms with Gasteiger partial charge in [0.15, 0.2) is 0 Å². The first-order chi connectivity index (χ1) is 8.91. The number of carboxylic acid groups (broad SMARTS) is 1. The largest absolute Gasteiger partial charge is 0.478 e. The predicted octanol–water partition coefficient (Wildman–Crippen LogP) is 1.05. The Morgan fingerprint density at radius 3 is 2.79 bits per heavy atom. The minimum atomic E-state index is -1.24. The Hall–Kier alpha value is -2.22. The van der Waals surface area contributed by atoms with Gasteiger partial charge in [-0.25, -0.2) is 9.78 Å². The summed E-state index contributed by atoms with van der Waals surface area (Å²) >= 11 is 0. The summed E-state index contributed by atoms with van der Waals surface area (Å²) < 4.78 is 0. The quantitative estimate of drug-likeness (QED) is 0.432. The molecule has 8 heteroatoms. The Morgan fingerprint density at radius 2 is 2.26 bits per heavy atom. The van der Waals surface area contributed by atoms with Crippen LogP contribution < -0.4 is 5.32 Å². The second kappa shape index (κ2) is 6.64. The molecular formula is C11H16N4O4. The van der Waals surface area contributed by atoms with E-state index in [0.717, 1.165) is 25.2 Å². The molecule has 1 heterocycles. The van der Waals surface area contributed by atoms with Crippen LogP contribution in [0.15, 0.2) is 12.3 Å². The summed E-state index contributed by atoms with van der Waals surface area (Å²) in [6.07, 6.45) is 1.90. The molecule has 0 fully saturated rings. The predicted molar refractivity (Wildman–Crippen MR) is 69.5 cm³/mol. The second-order valence-corrected chi connectivity index (χ2v) is 4.24. The summed E-state index contributed by atoms with van der Waals surface area (Å²) in [5, 5.41) is 22.5. The van der Waals surface area contributed by atoms with Crippen LogP contribution in [0.25, 0.3) is 0 Å². The maximum absolute atomic E-state index is 10.9. The molecule has 0 radical (unpaired) electrons. The fourth-order valence-corrected chi connectivity index (χ4v) is 1.45. The SMILES string of the molecule is CN(C)CCCNc1ncc(C(=O)O)cc1[N+](=O)[O-]. The van der Waals surface area contributed by atoms with Crippen LogP contribution in [0.3, 0.4) is 0 Å². The van der Waals surface area contributed by atoms with E-state index < -0.39 is 10.9 Å². The van der Waals surface area contributed by atoms with Gasteiger partial charge in [0.2, 0.25) is 5.82 Å². The van der Waals surface area contributed by atoms with Gasteiger partial charge in [0.25, 0.3) is 0 Å². The number of anilines is 1. The normalized spacial score (nSPS) is 10.5. The van der Waals surface area contributed by atoms with Crippen molar-refractivity contribution >= 4 is 17.5 Å². The van der Waals surface area contributed by atoms with Gasteiger partial charge < -0.3 is 15.3 Å². The van der Waals surface area contributed by atoms with Gasteiger partial charge in [-0.1, -0.05) is 0 Å². The topological polar surface area (TPSA) is 109 Å². The lowest BCUT2D eigenvalue weighted by atomic mass is 10.2. The van der Waals surface area contributed by atoms with Gasteiger partial charge in [0, 0.05) is 18.8 Å². The molecule has 104 valence electrons. The number of nitro groups is 1. The lowest BCUT2D eigenvalue weighted by Gasteiger charge is -2.10. The highest BCUT2D eigenvalue weighted by Gasteiger charge is 2.18. The molecule has 2 N–H and O–H groups in total. The molecule has 0 aliphatic rings. The molecule has 0 spiro atoms. The smallest absolute Gasteiger partial charge is 0.337 e. The first-order valence-corrected chi connectivity index (χ1v) is 5.68. The van der Waals surface area contributed by atoms with Crippen molar-refractivity contribution in [3.8, 4) is 0 Å². The number of hydrogen-bond donors (Lipinski definition) is 2. The van der Waals surface area contributed by atoms with Gasteiger partial charge in [-0.2, -0.15) is 0 Å². The molecule has 1 aromatic heterocycles. The van der Waals surface area contributed by atoms with Gasteiger partial charge in [0.05, 0.1) is 10.5 Å². The molecule has 8 nitrogen and oxygen atoms in total. The molecule has 0 aromatic carbocycles. The highest BCUT2D eigenvalue weighted by Crippen LogP contribution is 2.22. The number of carboxylic acids is 1. The average molecular weight is 268 g/mol. The third kappa shape index (κ3) is 4.51. The summed E-state index contributed by atoms with van der Waals surface area (Å²) in [7, 11) is 3.87. The van der Waals surface area contributed by atoms with Crippen LogP contribution in [0, 0.1) is 10.1 Å². The Morgan fingerprint density at radius 1 is 1.58 bits per heavy atom. The zero-order valence-electron chi connectivity index (χ0n) is 10.8. The molecule has 19 heavy (non-hydrogen) atoms. The summed E-state index contributed by atoms with van der Waals surface area (Å²) in [6.45, 7) is 1.37. The van der Waals surface area contributed by atoms with Crippen LogP contribution >= 0.6 is 0 Å². The third-order valence-corrected chi connectivity index (χ3v) is 2.39.